The second kappa shape index (κ2) is 14.6. The van der Waals surface area contributed by atoms with Crippen molar-refractivity contribution in [1.29, 1.82) is 0 Å². The van der Waals surface area contributed by atoms with Gasteiger partial charge in [-0.3, -0.25) is 0 Å². The molecule has 1 amide bonds. The van der Waals surface area contributed by atoms with Crippen LogP contribution in [0, 0.1) is 0 Å². The van der Waals surface area contributed by atoms with E-state index in [2.05, 4.69) is 6.58 Å². The number of carbonyl (C=O) groups excluding carboxylic acids is 2. The van der Waals surface area contributed by atoms with Crippen molar-refractivity contribution in [2.75, 3.05) is 46.1 Å². The molecule has 0 unspecified atom stereocenters. The maximum absolute atomic E-state index is 12.1. The van der Waals surface area contributed by atoms with Gasteiger partial charge in [-0.2, -0.15) is 0 Å². The third-order valence-corrected chi connectivity index (χ3v) is 6.62. The minimum Gasteiger partial charge on any atom is -0.460 e. The van der Waals surface area contributed by atoms with Crippen LogP contribution in [0.15, 0.2) is 12.2 Å². The highest BCUT2D eigenvalue weighted by Crippen LogP contribution is 2.18. The van der Waals surface area contributed by atoms with E-state index in [9.17, 15) is 9.59 Å². The van der Waals surface area contributed by atoms with Crippen LogP contribution in [-0.4, -0.2) is 71.9 Å². The van der Waals surface area contributed by atoms with E-state index in [-0.39, 0.29) is 19.8 Å². The van der Waals surface area contributed by atoms with E-state index in [4.69, 9.17) is 22.8 Å². The van der Waals surface area contributed by atoms with Crippen LogP contribution in [0.5, 0.6) is 0 Å². The van der Waals surface area contributed by atoms with Gasteiger partial charge in [0.15, 0.2) is 0 Å². The standard InChI is InChI=1S/C18H35NO7Si/c1-7-22-18(21)19(13-14-23-17(20)16(5)6)12-11-15-27(24-8-2,25-9-3)26-10-4/h5,7-15H2,1-4,6H3. The number of hydrogen-bond acceptors (Lipinski definition) is 7. The molecule has 0 saturated carbocycles. The number of rotatable bonds is 15. The summed E-state index contributed by atoms with van der Waals surface area (Å²) in [5, 5.41) is 0. The lowest BCUT2D eigenvalue weighted by Gasteiger charge is -2.29. The second-order valence-electron chi connectivity index (χ2n) is 5.69. The maximum atomic E-state index is 12.1. The van der Waals surface area contributed by atoms with Crippen molar-refractivity contribution in [3.05, 3.63) is 12.2 Å². The zero-order valence-electron chi connectivity index (χ0n) is 17.4. The number of carbonyl (C=O) groups is 2. The third kappa shape index (κ3) is 10.5. The SMILES string of the molecule is C=C(C)C(=O)OCCN(CCC[Si](OCC)(OCC)OCC)C(=O)OCC. The summed E-state index contributed by atoms with van der Waals surface area (Å²) >= 11 is 0. The molecule has 0 aromatic carbocycles. The fraction of sp³-hybridized carbons (Fsp3) is 0.778. The van der Waals surface area contributed by atoms with Crippen molar-refractivity contribution in [3.8, 4) is 0 Å². The largest absolute Gasteiger partial charge is 0.500 e. The molecule has 0 aromatic heterocycles. The third-order valence-electron chi connectivity index (χ3n) is 3.47. The molecule has 9 heteroatoms. The molecule has 8 nitrogen and oxygen atoms in total. The monoisotopic (exact) mass is 405 g/mol. The molecule has 27 heavy (non-hydrogen) atoms. The van der Waals surface area contributed by atoms with Crippen LogP contribution in [0.3, 0.4) is 0 Å². The molecule has 158 valence electrons. The van der Waals surface area contributed by atoms with Gasteiger partial charge in [0.1, 0.15) is 6.61 Å². The number of ether oxygens (including phenoxy) is 2. The van der Waals surface area contributed by atoms with E-state index in [1.807, 2.05) is 20.8 Å². The van der Waals surface area contributed by atoms with Crippen molar-refractivity contribution in [2.24, 2.45) is 0 Å². The normalized spacial score (nSPS) is 11.1. The first-order valence-electron chi connectivity index (χ1n) is 9.51. The summed E-state index contributed by atoms with van der Waals surface area (Å²) in [4.78, 5) is 25.1. The Hall–Kier alpha value is -1.42. The van der Waals surface area contributed by atoms with Gasteiger partial charge >= 0.3 is 20.9 Å². The summed E-state index contributed by atoms with van der Waals surface area (Å²) in [5.41, 5.74) is 0.318. The summed E-state index contributed by atoms with van der Waals surface area (Å²) in [6, 6.07) is 0.587. The highest BCUT2D eigenvalue weighted by atomic mass is 28.4. The van der Waals surface area contributed by atoms with Crippen LogP contribution < -0.4 is 0 Å². The van der Waals surface area contributed by atoms with Crippen LogP contribution in [0.25, 0.3) is 0 Å². The molecule has 0 atom stereocenters. The molecule has 0 aliphatic carbocycles. The highest BCUT2D eigenvalue weighted by Gasteiger charge is 2.39. The van der Waals surface area contributed by atoms with E-state index in [0.717, 1.165) is 0 Å². The summed E-state index contributed by atoms with van der Waals surface area (Å²) in [6.45, 7) is 15.1. The number of esters is 1. The number of hydrogen-bond donors (Lipinski definition) is 0. The zero-order valence-corrected chi connectivity index (χ0v) is 18.4. The topological polar surface area (TPSA) is 83.5 Å². The molecule has 0 heterocycles. The summed E-state index contributed by atoms with van der Waals surface area (Å²) in [6.07, 6.45) is 0.180. The average Bonchev–Trinajstić information content (AvgIpc) is 2.61. The molecule has 0 aliphatic heterocycles. The molecule has 0 fully saturated rings. The molecular formula is C18H35NO7Si. The smallest absolute Gasteiger partial charge is 0.460 e. The Morgan fingerprint density at radius 2 is 1.44 bits per heavy atom. The summed E-state index contributed by atoms with van der Waals surface area (Å²) in [5.74, 6) is -0.478. The lowest BCUT2D eigenvalue weighted by atomic mass is 10.4. The van der Waals surface area contributed by atoms with Crippen molar-refractivity contribution in [2.45, 2.75) is 47.1 Å². The van der Waals surface area contributed by atoms with E-state index in [1.165, 1.54) is 4.90 Å². The molecule has 0 aliphatic rings. The van der Waals surface area contributed by atoms with Gasteiger partial charge in [0.2, 0.25) is 0 Å². The Labute approximate surface area is 164 Å². The van der Waals surface area contributed by atoms with Crippen molar-refractivity contribution in [3.63, 3.8) is 0 Å². The van der Waals surface area contributed by atoms with Gasteiger partial charge in [0, 0.05) is 38.0 Å². The van der Waals surface area contributed by atoms with Gasteiger partial charge in [-0.25, -0.2) is 9.59 Å². The first-order chi connectivity index (χ1) is 12.9. The average molecular weight is 406 g/mol. The molecule has 0 aromatic rings. The Morgan fingerprint density at radius 3 is 1.89 bits per heavy atom. The van der Waals surface area contributed by atoms with E-state index < -0.39 is 20.9 Å². The summed E-state index contributed by atoms with van der Waals surface area (Å²) < 4.78 is 27.6. The predicted molar refractivity (Wildman–Crippen MR) is 104 cm³/mol. The molecule has 0 N–H and O–H groups in total. The molecule has 0 bridgehead atoms. The number of amides is 1. The zero-order chi connectivity index (χ0) is 20.7. The van der Waals surface area contributed by atoms with Gasteiger partial charge in [-0.05, 0) is 41.0 Å². The van der Waals surface area contributed by atoms with Crippen LogP contribution >= 0.6 is 0 Å². The first-order valence-corrected chi connectivity index (χ1v) is 11.4. The minimum atomic E-state index is -2.76. The van der Waals surface area contributed by atoms with Gasteiger partial charge in [-0.1, -0.05) is 6.58 Å². The molecular weight excluding hydrogens is 370 g/mol. The fourth-order valence-corrected chi connectivity index (χ4v) is 4.96. The van der Waals surface area contributed by atoms with E-state index >= 15 is 0 Å². The Balaban J connectivity index is 4.77. The van der Waals surface area contributed by atoms with Crippen LogP contribution in [0.2, 0.25) is 6.04 Å². The Kier molecular flexibility index (Phi) is 13.8. The second-order valence-corrected chi connectivity index (χ2v) is 8.42. The van der Waals surface area contributed by atoms with Gasteiger partial charge in [0.05, 0.1) is 13.2 Å². The lowest BCUT2D eigenvalue weighted by molar-refractivity contribution is -0.139. The predicted octanol–water partition coefficient (Wildman–Crippen LogP) is 3.00. The Morgan fingerprint density at radius 1 is 0.889 bits per heavy atom. The lowest BCUT2D eigenvalue weighted by Crippen LogP contribution is -2.46. The van der Waals surface area contributed by atoms with Crippen LogP contribution in [0.4, 0.5) is 4.79 Å². The van der Waals surface area contributed by atoms with Crippen molar-refractivity contribution in [1.82, 2.24) is 4.90 Å². The highest BCUT2D eigenvalue weighted by molar-refractivity contribution is 6.60. The van der Waals surface area contributed by atoms with E-state index in [0.29, 0.717) is 44.4 Å². The van der Waals surface area contributed by atoms with Crippen molar-refractivity contribution < 1.29 is 32.3 Å². The maximum Gasteiger partial charge on any atom is 0.500 e. The molecule has 0 radical (unpaired) electrons. The summed E-state index contributed by atoms with van der Waals surface area (Å²) in [7, 11) is -2.76. The molecule has 0 spiro atoms. The van der Waals surface area contributed by atoms with Crippen molar-refractivity contribution >= 4 is 20.9 Å². The van der Waals surface area contributed by atoms with Gasteiger partial charge in [0.25, 0.3) is 0 Å². The number of nitrogens with zero attached hydrogens (tertiary/aromatic N) is 1. The molecule has 0 saturated heterocycles. The van der Waals surface area contributed by atoms with Gasteiger partial charge in [-0.15, -0.1) is 0 Å². The minimum absolute atomic E-state index is 0.0788. The fourth-order valence-electron chi connectivity index (χ4n) is 2.37. The van der Waals surface area contributed by atoms with Gasteiger partial charge < -0.3 is 27.7 Å². The van der Waals surface area contributed by atoms with Crippen LogP contribution in [-0.2, 0) is 27.5 Å². The quantitative estimate of drug-likeness (QED) is 0.235. The Bertz CT molecular complexity index is 442. The first kappa shape index (κ1) is 25.6. The van der Waals surface area contributed by atoms with E-state index in [1.54, 1.807) is 13.8 Å². The van der Waals surface area contributed by atoms with Crippen LogP contribution in [0.1, 0.15) is 41.0 Å². The molecule has 0 rings (SSSR count).